The Morgan fingerprint density at radius 2 is 2.06 bits per heavy atom. The largest absolute Gasteiger partial charge is 0.344 e. The summed E-state index contributed by atoms with van der Waals surface area (Å²) < 4.78 is 0. The molecule has 0 aromatic heterocycles. The molecule has 1 aliphatic carbocycles. The van der Waals surface area contributed by atoms with Gasteiger partial charge in [-0.05, 0) is 32.6 Å². The van der Waals surface area contributed by atoms with Crippen molar-refractivity contribution in [1.82, 2.24) is 4.90 Å². The summed E-state index contributed by atoms with van der Waals surface area (Å²) in [6.45, 7) is 2.36. The molecule has 1 amide bonds. The lowest BCUT2D eigenvalue weighted by atomic mass is 9.85. The summed E-state index contributed by atoms with van der Waals surface area (Å²) in [5.41, 5.74) is 5.81. The molecule has 90 valence electrons. The molecule has 0 saturated heterocycles. The molecule has 0 radical (unpaired) electrons. The van der Waals surface area contributed by atoms with Gasteiger partial charge in [0, 0.05) is 25.6 Å². The number of hydrogen-bond donors (Lipinski definition) is 1. The van der Waals surface area contributed by atoms with Gasteiger partial charge < -0.3 is 10.6 Å². The maximum absolute atomic E-state index is 12.0. The van der Waals surface area contributed by atoms with Crippen LogP contribution in [-0.4, -0.2) is 30.4 Å². The zero-order valence-electron chi connectivity index (χ0n) is 10.1. The van der Waals surface area contributed by atoms with Crippen LogP contribution in [0.3, 0.4) is 0 Å². The molecule has 1 aliphatic rings. The van der Waals surface area contributed by atoms with Gasteiger partial charge in [-0.2, -0.15) is 5.26 Å². The summed E-state index contributed by atoms with van der Waals surface area (Å²) in [5.74, 6) is 0.199. The molecule has 0 bridgehead atoms. The van der Waals surface area contributed by atoms with Gasteiger partial charge in [0.25, 0.3) is 0 Å². The fourth-order valence-electron chi connectivity index (χ4n) is 2.22. The molecule has 0 aromatic carbocycles. The van der Waals surface area contributed by atoms with Gasteiger partial charge in [0.15, 0.2) is 0 Å². The van der Waals surface area contributed by atoms with E-state index in [0.29, 0.717) is 6.54 Å². The van der Waals surface area contributed by atoms with E-state index in [1.54, 1.807) is 11.9 Å². The minimum Gasteiger partial charge on any atom is -0.344 e. The molecule has 0 heterocycles. The minimum atomic E-state index is -0.0974. The number of hydrogen-bond acceptors (Lipinski definition) is 3. The van der Waals surface area contributed by atoms with Gasteiger partial charge in [-0.15, -0.1) is 0 Å². The normalized spacial score (nSPS) is 26.9. The first-order chi connectivity index (χ1) is 7.54. The van der Waals surface area contributed by atoms with Gasteiger partial charge >= 0.3 is 0 Å². The predicted octanol–water partition coefficient (Wildman–Crippen LogP) is 1.12. The van der Waals surface area contributed by atoms with Crippen molar-refractivity contribution in [2.45, 2.75) is 38.6 Å². The predicted molar refractivity (Wildman–Crippen MR) is 62.3 cm³/mol. The lowest BCUT2D eigenvalue weighted by Gasteiger charge is -2.29. The Bertz CT molecular complexity index is 276. The highest BCUT2D eigenvalue weighted by molar-refractivity contribution is 5.78. The lowest BCUT2D eigenvalue weighted by Crippen LogP contribution is -2.39. The highest BCUT2D eigenvalue weighted by Crippen LogP contribution is 2.24. The number of nitriles is 1. The van der Waals surface area contributed by atoms with E-state index >= 15 is 0 Å². The van der Waals surface area contributed by atoms with Gasteiger partial charge in [-0.25, -0.2) is 0 Å². The molecule has 1 rings (SSSR count). The number of nitrogens with zero attached hydrogens (tertiary/aromatic N) is 2. The van der Waals surface area contributed by atoms with Crippen LogP contribution in [0.5, 0.6) is 0 Å². The Morgan fingerprint density at radius 3 is 2.56 bits per heavy atom. The summed E-state index contributed by atoms with van der Waals surface area (Å²) >= 11 is 0. The van der Waals surface area contributed by atoms with E-state index in [2.05, 4.69) is 6.07 Å². The van der Waals surface area contributed by atoms with Crippen molar-refractivity contribution in [2.75, 3.05) is 13.6 Å². The molecular weight excluding hydrogens is 202 g/mol. The average Bonchev–Trinajstić information content (AvgIpc) is 2.28. The number of carbonyl (C=O) groups excluding carboxylic acids is 1. The van der Waals surface area contributed by atoms with Gasteiger partial charge in [0.05, 0.1) is 12.0 Å². The van der Waals surface area contributed by atoms with Crippen LogP contribution >= 0.6 is 0 Å². The van der Waals surface area contributed by atoms with Crippen molar-refractivity contribution in [3.63, 3.8) is 0 Å². The van der Waals surface area contributed by atoms with Gasteiger partial charge in [-0.1, -0.05) is 0 Å². The van der Waals surface area contributed by atoms with Gasteiger partial charge in [0.1, 0.15) is 0 Å². The van der Waals surface area contributed by atoms with Crippen molar-refractivity contribution >= 4 is 5.91 Å². The molecule has 1 atom stereocenters. The van der Waals surface area contributed by atoms with E-state index in [9.17, 15) is 4.79 Å². The Labute approximate surface area is 97.4 Å². The topological polar surface area (TPSA) is 70.1 Å². The van der Waals surface area contributed by atoms with Crippen LogP contribution in [0.1, 0.15) is 32.6 Å². The van der Waals surface area contributed by atoms with Gasteiger partial charge in [0.2, 0.25) is 5.91 Å². The van der Waals surface area contributed by atoms with Crippen molar-refractivity contribution in [3.8, 4) is 6.07 Å². The van der Waals surface area contributed by atoms with Gasteiger partial charge in [-0.3, -0.25) is 4.79 Å². The van der Waals surface area contributed by atoms with E-state index in [4.69, 9.17) is 11.0 Å². The molecule has 4 heteroatoms. The lowest BCUT2D eigenvalue weighted by molar-refractivity contribution is -0.135. The second-order valence-corrected chi connectivity index (χ2v) is 4.86. The Kier molecular flexibility index (Phi) is 4.75. The van der Waals surface area contributed by atoms with E-state index < -0.39 is 0 Å². The zero-order chi connectivity index (χ0) is 12.1. The number of nitrogens with two attached hydrogens (primary N) is 1. The SMILES string of the molecule is CC(C#N)CN(C)C(=O)C1CCC(N)CC1. The maximum atomic E-state index is 12.0. The maximum Gasteiger partial charge on any atom is 0.225 e. The van der Waals surface area contributed by atoms with E-state index in [1.807, 2.05) is 6.92 Å². The molecule has 0 aromatic rings. The molecule has 0 spiro atoms. The number of carbonyl (C=O) groups is 1. The minimum absolute atomic E-state index is 0.0974. The van der Waals surface area contributed by atoms with Crippen LogP contribution in [0.25, 0.3) is 0 Å². The third-order valence-corrected chi connectivity index (χ3v) is 3.27. The molecule has 4 nitrogen and oxygen atoms in total. The fraction of sp³-hybridized carbons (Fsp3) is 0.833. The summed E-state index contributed by atoms with van der Waals surface area (Å²) in [4.78, 5) is 13.7. The van der Waals surface area contributed by atoms with Crippen molar-refractivity contribution < 1.29 is 4.79 Å². The Hall–Kier alpha value is -1.08. The van der Waals surface area contributed by atoms with Crippen LogP contribution in [-0.2, 0) is 4.79 Å². The molecule has 16 heavy (non-hydrogen) atoms. The van der Waals surface area contributed by atoms with Crippen molar-refractivity contribution in [1.29, 1.82) is 5.26 Å². The van der Waals surface area contributed by atoms with Crippen LogP contribution < -0.4 is 5.73 Å². The summed E-state index contributed by atoms with van der Waals surface area (Å²) in [6, 6.07) is 2.42. The summed E-state index contributed by atoms with van der Waals surface area (Å²) in [7, 11) is 1.78. The third-order valence-electron chi connectivity index (χ3n) is 3.27. The first-order valence-electron chi connectivity index (χ1n) is 5.94. The highest BCUT2D eigenvalue weighted by atomic mass is 16.2. The van der Waals surface area contributed by atoms with E-state index in [-0.39, 0.29) is 23.8 Å². The molecule has 1 fully saturated rings. The second kappa shape index (κ2) is 5.86. The van der Waals surface area contributed by atoms with Crippen LogP contribution in [0.15, 0.2) is 0 Å². The summed E-state index contributed by atoms with van der Waals surface area (Å²) in [5, 5.41) is 8.71. The van der Waals surface area contributed by atoms with E-state index in [1.165, 1.54) is 0 Å². The standard InChI is InChI=1S/C12H21N3O/c1-9(7-13)8-15(2)12(16)10-3-5-11(14)6-4-10/h9-11H,3-6,8,14H2,1-2H3. The second-order valence-electron chi connectivity index (χ2n) is 4.86. The number of amides is 1. The van der Waals surface area contributed by atoms with E-state index in [0.717, 1.165) is 25.7 Å². The highest BCUT2D eigenvalue weighted by Gasteiger charge is 2.27. The smallest absolute Gasteiger partial charge is 0.225 e. The molecule has 0 aliphatic heterocycles. The van der Waals surface area contributed by atoms with Crippen LogP contribution in [0, 0.1) is 23.2 Å². The zero-order valence-corrected chi connectivity index (χ0v) is 10.1. The number of rotatable bonds is 3. The molecule has 2 N–H and O–H groups in total. The quantitative estimate of drug-likeness (QED) is 0.779. The third kappa shape index (κ3) is 3.49. The fourth-order valence-corrected chi connectivity index (χ4v) is 2.22. The monoisotopic (exact) mass is 223 g/mol. The van der Waals surface area contributed by atoms with Crippen LogP contribution in [0.2, 0.25) is 0 Å². The summed E-state index contributed by atoms with van der Waals surface area (Å²) in [6.07, 6.45) is 3.67. The van der Waals surface area contributed by atoms with Crippen molar-refractivity contribution in [3.05, 3.63) is 0 Å². The Balaban J connectivity index is 2.42. The average molecular weight is 223 g/mol. The van der Waals surface area contributed by atoms with Crippen molar-refractivity contribution in [2.24, 2.45) is 17.6 Å². The Morgan fingerprint density at radius 1 is 1.50 bits per heavy atom. The first-order valence-corrected chi connectivity index (χ1v) is 5.94. The molecule has 1 saturated carbocycles. The van der Waals surface area contributed by atoms with Crippen LogP contribution in [0.4, 0.5) is 0 Å². The molecule has 1 unspecified atom stereocenters. The molecular formula is C12H21N3O. The first kappa shape index (κ1) is 13.0.